The van der Waals surface area contributed by atoms with Crippen molar-refractivity contribution < 1.29 is 24.0 Å². The Balaban J connectivity index is 1.53. The van der Waals surface area contributed by atoms with Crippen LogP contribution < -0.4 is 15.0 Å². The SMILES string of the molecule is CCc1cccc2c1NC(=O)[C@@]21[C@@H]2C(=O)N(c3ccc([N+](=O)[O-])cc3OC)C(=O)[C@@H]2[C@@H]2CCCN21. The van der Waals surface area contributed by atoms with Crippen LogP contribution in [0.1, 0.15) is 30.9 Å². The van der Waals surface area contributed by atoms with Gasteiger partial charge in [-0.15, -0.1) is 0 Å². The molecular formula is C25H24N4O6. The van der Waals surface area contributed by atoms with Gasteiger partial charge >= 0.3 is 0 Å². The number of benzene rings is 2. The van der Waals surface area contributed by atoms with Crippen molar-refractivity contribution >= 4 is 34.8 Å². The van der Waals surface area contributed by atoms with Crippen LogP contribution in [0.5, 0.6) is 5.75 Å². The minimum atomic E-state index is -1.26. The number of para-hydroxylation sites is 1. The molecule has 6 rings (SSSR count). The number of anilines is 2. The summed E-state index contributed by atoms with van der Waals surface area (Å²) in [5, 5.41) is 14.3. The average Bonchev–Trinajstić information content (AvgIpc) is 3.56. The van der Waals surface area contributed by atoms with Crippen LogP contribution in [0.3, 0.4) is 0 Å². The molecule has 4 aliphatic heterocycles. The number of hydrogen-bond donors (Lipinski definition) is 1. The van der Waals surface area contributed by atoms with E-state index in [0.717, 1.165) is 34.6 Å². The fraction of sp³-hybridized carbons (Fsp3) is 0.400. The number of carbonyl (C=O) groups is 3. The summed E-state index contributed by atoms with van der Waals surface area (Å²) < 4.78 is 5.34. The number of imide groups is 1. The highest BCUT2D eigenvalue weighted by Gasteiger charge is 2.74. The summed E-state index contributed by atoms with van der Waals surface area (Å²) in [4.78, 5) is 55.6. The summed E-state index contributed by atoms with van der Waals surface area (Å²) in [5.41, 5.74) is 1.15. The molecule has 0 unspecified atom stereocenters. The smallest absolute Gasteiger partial charge is 0.273 e. The van der Waals surface area contributed by atoms with Crippen molar-refractivity contribution in [2.24, 2.45) is 11.8 Å². The normalized spacial score (nSPS) is 28.9. The second-order valence-electron chi connectivity index (χ2n) is 9.45. The summed E-state index contributed by atoms with van der Waals surface area (Å²) in [6.45, 7) is 2.64. The van der Waals surface area contributed by atoms with E-state index in [1.165, 1.54) is 25.3 Å². The zero-order chi connectivity index (χ0) is 24.6. The van der Waals surface area contributed by atoms with E-state index in [2.05, 4.69) is 10.2 Å². The van der Waals surface area contributed by atoms with Gasteiger partial charge in [0.1, 0.15) is 11.3 Å². The Hall–Kier alpha value is -3.79. The largest absolute Gasteiger partial charge is 0.494 e. The van der Waals surface area contributed by atoms with Gasteiger partial charge in [-0.05, 0) is 37.4 Å². The summed E-state index contributed by atoms with van der Waals surface area (Å²) >= 11 is 0. The van der Waals surface area contributed by atoms with Gasteiger partial charge in [0.05, 0.1) is 35.6 Å². The first-order valence-corrected chi connectivity index (χ1v) is 11.8. The molecule has 4 aliphatic rings. The summed E-state index contributed by atoms with van der Waals surface area (Å²) in [6, 6.07) is 9.31. The van der Waals surface area contributed by atoms with Crippen LogP contribution in [0, 0.1) is 22.0 Å². The van der Waals surface area contributed by atoms with E-state index in [-0.39, 0.29) is 29.1 Å². The Kier molecular flexibility index (Phi) is 4.56. The second kappa shape index (κ2) is 7.35. The first-order valence-electron chi connectivity index (χ1n) is 11.8. The average molecular weight is 476 g/mol. The maximum Gasteiger partial charge on any atom is 0.273 e. The highest BCUT2D eigenvalue weighted by atomic mass is 16.6. The fourth-order valence-electron chi connectivity index (χ4n) is 6.79. The Labute approximate surface area is 201 Å². The van der Waals surface area contributed by atoms with E-state index in [1.807, 2.05) is 25.1 Å². The molecule has 0 radical (unpaired) electrons. The van der Waals surface area contributed by atoms with Crippen LogP contribution in [-0.4, -0.2) is 47.2 Å². The minimum Gasteiger partial charge on any atom is -0.494 e. The molecule has 0 bridgehead atoms. The standard InChI is InChI=1S/C25H24N4O6/c1-3-13-6-4-7-15-21(13)26-24(32)25(15)20-19(17-8-5-11-27(17)25)22(30)28(23(20)31)16-10-9-14(29(33)34)12-18(16)35-2/h4,6-7,9-10,12,17,19-20H,3,5,8,11H2,1-2H3,(H,26,32)/t17-,19+,20-,25-/m0/s1. The zero-order valence-corrected chi connectivity index (χ0v) is 19.3. The van der Waals surface area contributed by atoms with Crippen molar-refractivity contribution in [1.29, 1.82) is 0 Å². The van der Waals surface area contributed by atoms with E-state index >= 15 is 0 Å². The molecule has 3 amide bonds. The summed E-state index contributed by atoms with van der Waals surface area (Å²) in [5.74, 6) is -2.67. The topological polar surface area (TPSA) is 122 Å². The first kappa shape index (κ1) is 21.7. The number of nitro benzene ring substituents is 1. The van der Waals surface area contributed by atoms with E-state index in [0.29, 0.717) is 13.0 Å². The number of nitro groups is 1. The van der Waals surface area contributed by atoms with Crippen molar-refractivity contribution in [3.05, 3.63) is 57.6 Å². The van der Waals surface area contributed by atoms with Crippen molar-refractivity contribution in [2.45, 2.75) is 37.8 Å². The van der Waals surface area contributed by atoms with Gasteiger partial charge in [0.25, 0.3) is 5.69 Å². The third-order valence-corrected chi connectivity index (χ3v) is 8.11. The number of hydrogen-bond acceptors (Lipinski definition) is 7. The Bertz CT molecular complexity index is 1330. The van der Waals surface area contributed by atoms with Crippen LogP contribution >= 0.6 is 0 Å². The van der Waals surface area contributed by atoms with Crippen molar-refractivity contribution in [3.63, 3.8) is 0 Å². The van der Waals surface area contributed by atoms with E-state index in [9.17, 15) is 24.5 Å². The molecule has 1 spiro atoms. The van der Waals surface area contributed by atoms with Gasteiger partial charge in [0.2, 0.25) is 17.7 Å². The molecule has 2 aromatic carbocycles. The predicted octanol–water partition coefficient (Wildman–Crippen LogP) is 2.60. The molecule has 2 aromatic rings. The number of non-ortho nitro benzene ring substituents is 1. The quantitative estimate of drug-likeness (QED) is 0.409. The molecule has 0 saturated carbocycles. The highest BCUT2D eigenvalue weighted by molar-refractivity contribution is 6.26. The number of fused-ring (bicyclic) bond motifs is 7. The minimum absolute atomic E-state index is 0.0581. The Morgan fingerprint density at radius 3 is 2.71 bits per heavy atom. The molecule has 180 valence electrons. The van der Waals surface area contributed by atoms with E-state index in [1.54, 1.807) is 0 Å². The number of methoxy groups -OCH3 is 1. The number of aryl methyl sites for hydroxylation is 1. The molecule has 35 heavy (non-hydrogen) atoms. The van der Waals surface area contributed by atoms with Crippen LogP contribution in [0.25, 0.3) is 0 Å². The van der Waals surface area contributed by atoms with Gasteiger partial charge in [-0.1, -0.05) is 25.1 Å². The van der Waals surface area contributed by atoms with Crippen molar-refractivity contribution in [3.8, 4) is 5.75 Å². The molecule has 3 fully saturated rings. The lowest BCUT2D eigenvalue weighted by Crippen LogP contribution is -2.54. The third kappa shape index (κ3) is 2.54. The van der Waals surface area contributed by atoms with Crippen LogP contribution in [-0.2, 0) is 26.3 Å². The van der Waals surface area contributed by atoms with Crippen molar-refractivity contribution in [2.75, 3.05) is 23.9 Å². The van der Waals surface area contributed by atoms with Gasteiger partial charge in [-0.25, -0.2) is 4.90 Å². The molecule has 0 aliphatic carbocycles. The van der Waals surface area contributed by atoms with Crippen LogP contribution in [0.15, 0.2) is 36.4 Å². The molecule has 0 aromatic heterocycles. The molecule has 4 atom stereocenters. The number of amides is 3. The predicted molar refractivity (Wildman–Crippen MR) is 125 cm³/mol. The van der Waals surface area contributed by atoms with E-state index < -0.39 is 34.1 Å². The maximum atomic E-state index is 14.1. The van der Waals surface area contributed by atoms with Gasteiger partial charge in [-0.3, -0.25) is 29.4 Å². The molecular weight excluding hydrogens is 452 g/mol. The lowest BCUT2D eigenvalue weighted by atomic mass is 9.75. The van der Waals surface area contributed by atoms with Crippen LogP contribution in [0.4, 0.5) is 17.1 Å². The molecule has 10 heteroatoms. The molecule has 3 saturated heterocycles. The van der Waals surface area contributed by atoms with Gasteiger partial charge in [0.15, 0.2) is 0 Å². The number of rotatable bonds is 4. The van der Waals surface area contributed by atoms with Gasteiger partial charge < -0.3 is 10.1 Å². The van der Waals surface area contributed by atoms with Gasteiger partial charge in [-0.2, -0.15) is 0 Å². The summed E-state index contributed by atoms with van der Waals surface area (Å²) in [6.07, 6.45) is 2.26. The molecule has 4 heterocycles. The monoisotopic (exact) mass is 476 g/mol. The van der Waals surface area contributed by atoms with E-state index in [4.69, 9.17) is 4.74 Å². The second-order valence-corrected chi connectivity index (χ2v) is 9.45. The Morgan fingerprint density at radius 1 is 1.20 bits per heavy atom. The maximum absolute atomic E-state index is 14.1. The molecule has 10 nitrogen and oxygen atoms in total. The first-order chi connectivity index (χ1) is 16.9. The summed E-state index contributed by atoms with van der Waals surface area (Å²) in [7, 11) is 1.33. The number of ether oxygens (including phenoxy) is 1. The van der Waals surface area contributed by atoms with Crippen LogP contribution in [0.2, 0.25) is 0 Å². The van der Waals surface area contributed by atoms with Gasteiger partial charge in [0, 0.05) is 23.4 Å². The zero-order valence-electron chi connectivity index (χ0n) is 19.3. The lowest BCUT2D eigenvalue weighted by Gasteiger charge is -2.36. The number of carbonyl (C=O) groups excluding carboxylic acids is 3. The number of nitrogens with zero attached hydrogens (tertiary/aromatic N) is 3. The highest BCUT2D eigenvalue weighted by Crippen LogP contribution is 2.61. The Morgan fingerprint density at radius 2 is 2.00 bits per heavy atom. The fourth-order valence-corrected chi connectivity index (χ4v) is 6.79. The van der Waals surface area contributed by atoms with Crippen molar-refractivity contribution in [1.82, 2.24) is 4.90 Å². The lowest BCUT2D eigenvalue weighted by molar-refractivity contribution is -0.384. The third-order valence-electron chi connectivity index (χ3n) is 8.11. The number of nitrogens with one attached hydrogen (secondary N) is 1. The molecule has 1 N–H and O–H groups in total.